The fourth-order valence-electron chi connectivity index (χ4n) is 3.27. The summed E-state index contributed by atoms with van der Waals surface area (Å²) in [6.45, 7) is 10.7. The zero-order chi connectivity index (χ0) is 21.1. The van der Waals surface area contributed by atoms with Crippen LogP contribution in [0.2, 0.25) is 0 Å². The van der Waals surface area contributed by atoms with E-state index in [2.05, 4.69) is 10.6 Å². The van der Waals surface area contributed by atoms with E-state index in [1.807, 2.05) is 32.9 Å². The van der Waals surface area contributed by atoms with Crippen LogP contribution >= 0.6 is 0 Å². The van der Waals surface area contributed by atoms with Crippen molar-refractivity contribution in [3.8, 4) is 0 Å². The van der Waals surface area contributed by atoms with Crippen molar-refractivity contribution in [3.63, 3.8) is 0 Å². The summed E-state index contributed by atoms with van der Waals surface area (Å²) >= 11 is 0. The van der Waals surface area contributed by atoms with Gasteiger partial charge in [-0.25, -0.2) is 13.2 Å². The maximum Gasteiger partial charge on any atom is 0.321 e. The van der Waals surface area contributed by atoms with E-state index >= 15 is 0 Å². The predicted octanol–water partition coefficient (Wildman–Crippen LogP) is -0.185. The van der Waals surface area contributed by atoms with Crippen LogP contribution in [0.3, 0.4) is 0 Å². The van der Waals surface area contributed by atoms with E-state index in [1.54, 1.807) is 19.9 Å². The minimum Gasteiger partial charge on any atom is -0.336 e. The maximum atomic E-state index is 13.0. The number of piperazine rings is 1. The van der Waals surface area contributed by atoms with Crippen LogP contribution in [0.15, 0.2) is 23.1 Å². The van der Waals surface area contributed by atoms with Gasteiger partial charge in [0.15, 0.2) is 6.04 Å². The third kappa shape index (κ3) is 5.30. The normalized spacial score (nSPS) is 17.4. The fourth-order valence-corrected chi connectivity index (χ4v) is 5.03. The molecule has 0 unspecified atom stereocenters. The molecule has 1 aromatic carbocycles. The van der Waals surface area contributed by atoms with Gasteiger partial charge in [0.2, 0.25) is 10.0 Å². The van der Waals surface area contributed by atoms with Crippen molar-refractivity contribution in [2.75, 3.05) is 26.2 Å². The van der Waals surface area contributed by atoms with Gasteiger partial charge >= 0.3 is 6.03 Å². The highest BCUT2D eigenvalue weighted by molar-refractivity contribution is 7.89. The molecular formula is C19H31N4O4S+. The second-order valence-electron chi connectivity index (χ2n) is 7.67. The zero-order valence-corrected chi connectivity index (χ0v) is 18.0. The molecule has 156 valence electrons. The molecule has 0 bridgehead atoms. The van der Waals surface area contributed by atoms with Crippen molar-refractivity contribution in [2.45, 2.75) is 51.6 Å². The molecule has 0 radical (unpaired) electrons. The molecule has 28 heavy (non-hydrogen) atoms. The van der Waals surface area contributed by atoms with Crippen LogP contribution in [0.5, 0.6) is 0 Å². The van der Waals surface area contributed by atoms with Gasteiger partial charge in [0, 0.05) is 6.04 Å². The molecule has 0 spiro atoms. The van der Waals surface area contributed by atoms with E-state index in [0.29, 0.717) is 31.1 Å². The maximum absolute atomic E-state index is 13.0. The lowest BCUT2D eigenvalue weighted by atomic mass is 10.2. The number of nitrogens with zero attached hydrogens (tertiary/aromatic N) is 1. The number of sulfonamides is 1. The lowest BCUT2D eigenvalue weighted by molar-refractivity contribution is -0.917. The first-order valence-corrected chi connectivity index (χ1v) is 11.0. The highest BCUT2D eigenvalue weighted by Crippen LogP contribution is 2.21. The van der Waals surface area contributed by atoms with Gasteiger partial charge in [-0.2, -0.15) is 4.31 Å². The SMILES string of the molecule is Cc1ccc(C)c(S(=O)(=O)N2CC[NH+]([C@H](C)C(=O)NC(=O)NC(C)C)CC2)c1. The third-order valence-corrected chi connectivity index (χ3v) is 7.03. The lowest BCUT2D eigenvalue weighted by Gasteiger charge is -2.34. The van der Waals surface area contributed by atoms with Crippen LogP contribution in [0.25, 0.3) is 0 Å². The summed E-state index contributed by atoms with van der Waals surface area (Å²) in [5, 5.41) is 4.97. The molecular weight excluding hydrogens is 380 g/mol. The average Bonchev–Trinajstić information content (AvgIpc) is 2.62. The lowest BCUT2D eigenvalue weighted by Crippen LogP contribution is -3.19. The topological polar surface area (TPSA) is 100 Å². The Morgan fingerprint density at radius 3 is 2.29 bits per heavy atom. The Kier molecular flexibility index (Phi) is 7.19. The van der Waals surface area contributed by atoms with Gasteiger partial charge in [0.05, 0.1) is 31.1 Å². The summed E-state index contributed by atoms with van der Waals surface area (Å²) in [5.74, 6) is -0.362. The van der Waals surface area contributed by atoms with Crippen molar-refractivity contribution in [1.29, 1.82) is 0 Å². The first-order chi connectivity index (χ1) is 13.0. The summed E-state index contributed by atoms with van der Waals surface area (Å²) in [4.78, 5) is 25.3. The number of aryl methyl sites for hydroxylation is 2. The molecule has 1 heterocycles. The number of quaternary nitrogens is 1. The van der Waals surface area contributed by atoms with E-state index in [1.165, 1.54) is 4.31 Å². The summed E-state index contributed by atoms with van der Waals surface area (Å²) < 4.78 is 27.5. The summed E-state index contributed by atoms with van der Waals surface area (Å²) in [5.41, 5.74) is 1.63. The Labute approximate surface area is 167 Å². The number of hydrogen-bond donors (Lipinski definition) is 3. The molecule has 1 aliphatic heterocycles. The van der Waals surface area contributed by atoms with E-state index in [-0.39, 0.29) is 11.9 Å². The number of nitrogens with one attached hydrogen (secondary N) is 3. The van der Waals surface area contributed by atoms with Gasteiger partial charge in [-0.3, -0.25) is 10.1 Å². The number of imide groups is 1. The van der Waals surface area contributed by atoms with Crippen LogP contribution in [-0.2, 0) is 14.8 Å². The monoisotopic (exact) mass is 411 g/mol. The second-order valence-corrected chi connectivity index (χ2v) is 9.58. The van der Waals surface area contributed by atoms with Crippen LogP contribution in [0.1, 0.15) is 31.9 Å². The number of benzene rings is 1. The van der Waals surface area contributed by atoms with Crippen LogP contribution in [-0.4, -0.2) is 62.9 Å². The number of carbonyl (C=O) groups excluding carboxylic acids is 2. The Hall–Kier alpha value is -1.97. The molecule has 1 saturated heterocycles. The molecule has 1 aliphatic rings. The van der Waals surface area contributed by atoms with E-state index in [4.69, 9.17) is 0 Å². The van der Waals surface area contributed by atoms with Gasteiger partial charge in [-0.15, -0.1) is 0 Å². The predicted molar refractivity (Wildman–Crippen MR) is 107 cm³/mol. The minimum absolute atomic E-state index is 0.0608. The Morgan fingerprint density at radius 2 is 1.71 bits per heavy atom. The fraction of sp³-hybridized carbons (Fsp3) is 0.579. The van der Waals surface area contributed by atoms with Crippen molar-refractivity contribution in [2.24, 2.45) is 0 Å². The van der Waals surface area contributed by atoms with Crippen molar-refractivity contribution < 1.29 is 22.9 Å². The third-order valence-electron chi connectivity index (χ3n) is 4.99. The smallest absolute Gasteiger partial charge is 0.321 e. The van der Waals surface area contributed by atoms with Gasteiger partial charge in [-0.1, -0.05) is 12.1 Å². The van der Waals surface area contributed by atoms with Crippen molar-refractivity contribution in [1.82, 2.24) is 14.9 Å². The Balaban J connectivity index is 1.99. The highest BCUT2D eigenvalue weighted by Gasteiger charge is 2.35. The molecule has 1 atom stereocenters. The van der Waals surface area contributed by atoms with E-state index in [0.717, 1.165) is 16.0 Å². The molecule has 2 rings (SSSR count). The molecule has 1 fully saturated rings. The first kappa shape index (κ1) is 22.3. The number of amides is 3. The second kappa shape index (κ2) is 9.02. The zero-order valence-electron chi connectivity index (χ0n) is 17.2. The molecule has 0 aromatic heterocycles. The van der Waals surface area contributed by atoms with Crippen LogP contribution in [0, 0.1) is 13.8 Å². The molecule has 3 amide bonds. The summed E-state index contributed by atoms with van der Waals surface area (Å²) in [6.07, 6.45) is 0. The van der Waals surface area contributed by atoms with Crippen molar-refractivity contribution in [3.05, 3.63) is 29.3 Å². The number of carbonyl (C=O) groups is 2. The van der Waals surface area contributed by atoms with Crippen LogP contribution in [0.4, 0.5) is 4.79 Å². The van der Waals surface area contributed by atoms with Gasteiger partial charge < -0.3 is 10.2 Å². The first-order valence-electron chi connectivity index (χ1n) is 9.55. The number of rotatable bonds is 5. The highest BCUT2D eigenvalue weighted by atomic mass is 32.2. The standard InChI is InChI=1S/C19H30N4O4S/c1-13(2)20-19(25)21-18(24)16(5)22-8-10-23(11-9-22)28(26,27)17-12-14(3)6-7-15(17)4/h6-7,12-13,16H,8-11H2,1-5H3,(H2,20,21,24,25)/p+1/t16-/m1/s1. The van der Waals surface area contributed by atoms with Gasteiger partial charge in [0.25, 0.3) is 5.91 Å². The largest absolute Gasteiger partial charge is 0.336 e. The Morgan fingerprint density at radius 1 is 1.11 bits per heavy atom. The molecule has 9 heteroatoms. The molecule has 1 aromatic rings. The van der Waals surface area contributed by atoms with E-state index < -0.39 is 22.1 Å². The van der Waals surface area contributed by atoms with Gasteiger partial charge in [0.1, 0.15) is 0 Å². The number of urea groups is 1. The quantitative estimate of drug-likeness (QED) is 0.626. The summed E-state index contributed by atoms with van der Waals surface area (Å²) in [6, 6.07) is 4.40. The minimum atomic E-state index is -3.56. The average molecular weight is 412 g/mol. The number of hydrogen-bond acceptors (Lipinski definition) is 4. The van der Waals surface area contributed by atoms with Crippen molar-refractivity contribution >= 4 is 22.0 Å². The molecule has 0 saturated carbocycles. The molecule has 8 nitrogen and oxygen atoms in total. The molecule has 0 aliphatic carbocycles. The van der Waals surface area contributed by atoms with Crippen LogP contribution < -0.4 is 15.5 Å². The summed E-state index contributed by atoms with van der Waals surface area (Å²) in [7, 11) is -3.56. The van der Waals surface area contributed by atoms with Gasteiger partial charge in [-0.05, 0) is 51.8 Å². The molecule has 3 N–H and O–H groups in total. The van der Waals surface area contributed by atoms with E-state index in [9.17, 15) is 18.0 Å². The Bertz CT molecular complexity index is 830.